The highest BCUT2D eigenvalue weighted by atomic mass is 32.2. The number of unbranched alkanes of at least 4 members (excludes halogenated alkanes) is 5. The predicted molar refractivity (Wildman–Crippen MR) is 86.1 cm³/mol. The van der Waals surface area contributed by atoms with Crippen LogP contribution in [0.25, 0.3) is 0 Å². The number of hydrogen-bond acceptors (Lipinski definition) is 6. The monoisotopic (exact) mass is 330 g/mol. The zero-order chi connectivity index (χ0) is 15.5. The van der Waals surface area contributed by atoms with E-state index in [0.717, 1.165) is 24.2 Å². The minimum absolute atomic E-state index is 0.147. The number of sulfonamides is 1. The van der Waals surface area contributed by atoms with E-state index in [1.807, 2.05) is 0 Å². The van der Waals surface area contributed by atoms with Gasteiger partial charge in [0.2, 0.25) is 0 Å². The fraction of sp³-hybridized carbons (Fsp3) is 0.692. The van der Waals surface area contributed by atoms with Crippen LogP contribution in [0.1, 0.15) is 56.9 Å². The quantitative estimate of drug-likeness (QED) is 0.613. The summed E-state index contributed by atoms with van der Waals surface area (Å²) in [6, 6.07) is 0. The molecule has 0 bridgehead atoms. The van der Waals surface area contributed by atoms with Gasteiger partial charge in [0, 0.05) is 6.42 Å². The Morgan fingerprint density at radius 1 is 1.19 bits per heavy atom. The number of nitrogens with two attached hydrogens (primary N) is 1. The second-order valence-electron chi connectivity index (χ2n) is 5.21. The first-order valence-electron chi connectivity index (χ1n) is 7.32. The molecule has 0 aliphatic carbocycles. The summed E-state index contributed by atoms with van der Waals surface area (Å²) in [6.07, 6.45) is 7.38. The van der Waals surface area contributed by atoms with Crippen molar-refractivity contribution < 1.29 is 8.42 Å². The molecule has 2 heterocycles. The summed E-state index contributed by atoms with van der Waals surface area (Å²) in [6.45, 7) is 3.95. The number of aryl methyl sites for hydroxylation is 1. The van der Waals surface area contributed by atoms with E-state index in [2.05, 4.69) is 16.3 Å². The molecule has 0 aromatic carbocycles. The number of fused-ring (bicyclic) bond motifs is 1. The van der Waals surface area contributed by atoms with Gasteiger partial charge in [-0.2, -0.15) is 8.42 Å². The molecule has 1 aromatic rings. The van der Waals surface area contributed by atoms with Crippen LogP contribution in [0.3, 0.4) is 0 Å². The second kappa shape index (κ2) is 6.85. The molecule has 0 saturated carbocycles. The predicted octanol–water partition coefficient (Wildman–Crippen LogP) is 2.98. The Morgan fingerprint density at radius 2 is 1.86 bits per heavy atom. The van der Waals surface area contributed by atoms with Crippen molar-refractivity contribution in [1.29, 1.82) is 0 Å². The van der Waals surface area contributed by atoms with E-state index in [1.54, 1.807) is 6.92 Å². The Hall–Kier alpha value is -0.990. The van der Waals surface area contributed by atoms with Crippen molar-refractivity contribution in [3.63, 3.8) is 0 Å². The third-order valence-electron chi connectivity index (χ3n) is 3.41. The fourth-order valence-corrected chi connectivity index (χ4v) is 4.74. The van der Waals surface area contributed by atoms with Crippen molar-refractivity contribution in [1.82, 2.24) is 4.98 Å². The second-order valence-corrected chi connectivity index (χ2v) is 8.22. The minimum Gasteiger partial charge on any atom is -0.245 e. The first kappa shape index (κ1) is 16.4. The maximum absolute atomic E-state index is 12.1. The SMILES string of the molecule is CCCCCCCCC1=NS(=O)(=O)c2sc(C)nc2N1N. The van der Waals surface area contributed by atoms with Gasteiger partial charge in [-0.3, -0.25) is 0 Å². The normalized spacial score (nSPS) is 16.7. The lowest BCUT2D eigenvalue weighted by molar-refractivity contribution is 0.596. The molecular weight excluding hydrogens is 308 g/mol. The topological polar surface area (TPSA) is 88.7 Å². The van der Waals surface area contributed by atoms with Crippen molar-refractivity contribution in [2.24, 2.45) is 10.2 Å². The molecule has 0 atom stereocenters. The highest BCUT2D eigenvalue weighted by Crippen LogP contribution is 2.35. The molecule has 1 aromatic heterocycles. The van der Waals surface area contributed by atoms with E-state index in [9.17, 15) is 8.42 Å². The smallest absolute Gasteiger partial charge is 0.245 e. The molecule has 1 aliphatic heterocycles. The van der Waals surface area contributed by atoms with Crippen LogP contribution >= 0.6 is 11.3 Å². The van der Waals surface area contributed by atoms with Crippen molar-refractivity contribution in [2.45, 2.75) is 63.0 Å². The summed E-state index contributed by atoms with van der Waals surface area (Å²) < 4.78 is 28.2. The molecule has 8 heteroatoms. The average Bonchev–Trinajstić information content (AvgIpc) is 2.82. The van der Waals surface area contributed by atoms with Gasteiger partial charge >= 0.3 is 0 Å². The molecule has 0 fully saturated rings. The average molecular weight is 330 g/mol. The molecule has 0 unspecified atom stereocenters. The van der Waals surface area contributed by atoms with E-state index < -0.39 is 10.0 Å². The van der Waals surface area contributed by atoms with Crippen LogP contribution in [0.5, 0.6) is 0 Å². The van der Waals surface area contributed by atoms with Gasteiger partial charge in [0.25, 0.3) is 10.0 Å². The fourth-order valence-electron chi connectivity index (χ4n) is 2.29. The van der Waals surface area contributed by atoms with Crippen LogP contribution in [-0.4, -0.2) is 19.2 Å². The summed E-state index contributed by atoms with van der Waals surface area (Å²) in [5, 5.41) is 2.00. The molecular formula is C13H22N4O2S2. The summed E-state index contributed by atoms with van der Waals surface area (Å²) in [5.41, 5.74) is 0. The minimum atomic E-state index is -3.63. The van der Waals surface area contributed by atoms with Gasteiger partial charge in [0.05, 0.1) is 5.01 Å². The van der Waals surface area contributed by atoms with Crippen molar-refractivity contribution in [3.8, 4) is 0 Å². The maximum Gasteiger partial charge on any atom is 0.297 e. The molecule has 2 N–H and O–H groups in total. The zero-order valence-corrected chi connectivity index (χ0v) is 14.1. The lowest BCUT2D eigenvalue weighted by atomic mass is 10.1. The Labute approximate surface area is 130 Å². The number of thiazole rings is 1. The molecule has 21 heavy (non-hydrogen) atoms. The van der Waals surface area contributed by atoms with Gasteiger partial charge in [-0.15, -0.1) is 15.7 Å². The molecule has 0 spiro atoms. The standard InChI is InChI=1S/C13H22N4O2S2/c1-3-4-5-6-7-8-9-11-16-21(18,19)13-12(17(11)14)15-10(2)20-13/h3-9,14H2,1-2H3. The lowest BCUT2D eigenvalue weighted by Crippen LogP contribution is -2.41. The molecule has 0 saturated heterocycles. The summed E-state index contributed by atoms with van der Waals surface area (Å²) in [4.78, 5) is 4.21. The Bertz CT molecular complexity index is 622. The maximum atomic E-state index is 12.1. The van der Waals surface area contributed by atoms with Crippen LogP contribution in [0.15, 0.2) is 8.61 Å². The zero-order valence-electron chi connectivity index (χ0n) is 12.5. The summed E-state index contributed by atoms with van der Waals surface area (Å²) >= 11 is 1.11. The van der Waals surface area contributed by atoms with Gasteiger partial charge < -0.3 is 0 Å². The number of hydrazine groups is 1. The number of anilines is 1. The van der Waals surface area contributed by atoms with Crippen LogP contribution < -0.4 is 10.9 Å². The van der Waals surface area contributed by atoms with Crippen LogP contribution in [0, 0.1) is 6.92 Å². The number of nitrogens with zero attached hydrogens (tertiary/aromatic N) is 3. The number of hydrogen-bond donors (Lipinski definition) is 1. The van der Waals surface area contributed by atoms with Crippen molar-refractivity contribution in [3.05, 3.63) is 5.01 Å². The third-order valence-corrected chi connectivity index (χ3v) is 6.15. The largest absolute Gasteiger partial charge is 0.297 e. The van der Waals surface area contributed by atoms with Crippen LogP contribution in [0.2, 0.25) is 0 Å². The molecule has 6 nitrogen and oxygen atoms in total. The van der Waals surface area contributed by atoms with Crippen molar-refractivity contribution in [2.75, 3.05) is 5.01 Å². The molecule has 2 rings (SSSR count). The third kappa shape index (κ3) is 3.81. The van der Waals surface area contributed by atoms with E-state index in [4.69, 9.17) is 5.84 Å². The molecule has 118 valence electrons. The first-order valence-corrected chi connectivity index (χ1v) is 9.57. The summed E-state index contributed by atoms with van der Waals surface area (Å²) in [5.74, 6) is 6.68. The lowest BCUT2D eigenvalue weighted by Gasteiger charge is -2.22. The highest BCUT2D eigenvalue weighted by Gasteiger charge is 2.32. The Balaban J connectivity index is 2.00. The van der Waals surface area contributed by atoms with Gasteiger partial charge in [-0.05, 0) is 13.3 Å². The molecule has 0 amide bonds. The van der Waals surface area contributed by atoms with Gasteiger partial charge in [0.1, 0.15) is 5.84 Å². The Kier molecular flexibility index (Phi) is 5.34. The highest BCUT2D eigenvalue weighted by molar-refractivity contribution is 7.92. The Morgan fingerprint density at radius 3 is 2.57 bits per heavy atom. The molecule has 0 radical (unpaired) electrons. The van der Waals surface area contributed by atoms with E-state index in [-0.39, 0.29) is 4.21 Å². The van der Waals surface area contributed by atoms with E-state index in [1.165, 1.54) is 30.7 Å². The molecule has 1 aliphatic rings. The van der Waals surface area contributed by atoms with E-state index >= 15 is 0 Å². The number of amidine groups is 1. The number of aromatic nitrogens is 1. The van der Waals surface area contributed by atoms with Gasteiger partial charge in [-0.1, -0.05) is 39.0 Å². The summed E-state index contributed by atoms with van der Waals surface area (Å²) in [7, 11) is -3.63. The van der Waals surface area contributed by atoms with Crippen molar-refractivity contribution >= 4 is 33.0 Å². The van der Waals surface area contributed by atoms with Crippen LogP contribution in [0.4, 0.5) is 5.82 Å². The van der Waals surface area contributed by atoms with Crippen LogP contribution in [-0.2, 0) is 10.0 Å². The first-order chi connectivity index (χ1) is 9.95. The van der Waals surface area contributed by atoms with E-state index in [0.29, 0.717) is 23.1 Å². The van der Waals surface area contributed by atoms with Gasteiger partial charge in [-0.25, -0.2) is 15.8 Å². The number of rotatable bonds is 7. The van der Waals surface area contributed by atoms with Gasteiger partial charge in [0.15, 0.2) is 10.0 Å².